The number of carbonyl (C=O) groups is 1. The van der Waals surface area contributed by atoms with Gasteiger partial charge < -0.3 is 15.4 Å². The van der Waals surface area contributed by atoms with Crippen LogP contribution in [-0.4, -0.2) is 31.1 Å². The molecular formula is C16H26N2O2. The Morgan fingerprint density at radius 2 is 2.05 bits per heavy atom. The maximum atomic E-state index is 11.9. The molecule has 0 bridgehead atoms. The third-order valence-electron chi connectivity index (χ3n) is 2.79. The van der Waals surface area contributed by atoms with E-state index < -0.39 is 0 Å². The molecule has 4 heteroatoms. The Bertz CT molecular complexity index is 419. The Morgan fingerprint density at radius 1 is 1.30 bits per heavy atom. The van der Waals surface area contributed by atoms with Crippen molar-refractivity contribution in [3.05, 3.63) is 29.8 Å². The zero-order valence-corrected chi connectivity index (χ0v) is 12.9. The summed E-state index contributed by atoms with van der Waals surface area (Å²) in [6.45, 7) is 9.64. The van der Waals surface area contributed by atoms with Crippen LogP contribution in [0.4, 0.5) is 0 Å². The van der Waals surface area contributed by atoms with Crippen LogP contribution in [0.1, 0.15) is 33.3 Å². The molecule has 1 amide bonds. The highest BCUT2D eigenvalue weighted by atomic mass is 16.5. The molecule has 4 nitrogen and oxygen atoms in total. The molecule has 1 aromatic carbocycles. The monoisotopic (exact) mass is 278 g/mol. The highest BCUT2D eigenvalue weighted by Gasteiger charge is 2.07. The van der Waals surface area contributed by atoms with Gasteiger partial charge in [0.05, 0.1) is 12.5 Å². The summed E-state index contributed by atoms with van der Waals surface area (Å²) >= 11 is 0. The largest absolute Gasteiger partial charge is 0.491 e. The van der Waals surface area contributed by atoms with Gasteiger partial charge in [-0.25, -0.2) is 0 Å². The number of benzene rings is 1. The van der Waals surface area contributed by atoms with Crippen molar-refractivity contribution in [3.8, 4) is 5.75 Å². The average Bonchev–Trinajstić information content (AvgIpc) is 2.36. The lowest BCUT2D eigenvalue weighted by Gasteiger charge is -2.14. The van der Waals surface area contributed by atoms with Crippen molar-refractivity contribution < 1.29 is 9.53 Å². The highest BCUT2D eigenvalue weighted by Crippen LogP contribution is 2.15. The van der Waals surface area contributed by atoms with E-state index in [0.29, 0.717) is 19.0 Å². The maximum absolute atomic E-state index is 11.9. The first kappa shape index (κ1) is 16.5. The van der Waals surface area contributed by atoms with E-state index in [4.69, 9.17) is 4.74 Å². The number of amides is 1. The van der Waals surface area contributed by atoms with Gasteiger partial charge in [-0.1, -0.05) is 19.1 Å². The molecule has 2 N–H and O–H groups in total. The quantitative estimate of drug-likeness (QED) is 0.766. The Kier molecular flexibility index (Phi) is 7.09. The summed E-state index contributed by atoms with van der Waals surface area (Å²) in [7, 11) is 0. The van der Waals surface area contributed by atoms with Gasteiger partial charge in [0.2, 0.25) is 5.91 Å². The first-order valence-corrected chi connectivity index (χ1v) is 7.27. The fourth-order valence-electron chi connectivity index (χ4n) is 1.94. The maximum Gasteiger partial charge on any atom is 0.224 e. The van der Waals surface area contributed by atoms with Crippen molar-refractivity contribution in [1.82, 2.24) is 10.6 Å². The summed E-state index contributed by atoms with van der Waals surface area (Å²) in [4.78, 5) is 11.9. The number of rotatable bonds is 8. The molecule has 0 saturated heterocycles. The van der Waals surface area contributed by atoms with E-state index in [9.17, 15) is 4.79 Å². The first-order valence-electron chi connectivity index (χ1n) is 7.27. The third kappa shape index (κ3) is 6.57. The van der Waals surface area contributed by atoms with Crippen LogP contribution in [0, 0.1) is 0 Å². The smallest absolute Gasteiger partial charge is 0.224 e. The van der Waals surface area contributed by atoms with Crippen LogP contribution in [0.15, 0.2) is 24.3 Å². The number of likely N-dealkylation sites (N-methyl/N-ethyl adjacent to an activating group) is 1. The van der Waals surface area contributed by atoms with Gasteiger partial charge in [0, 0.05) is 12.6 Å². The lowest BCUT2D eigenvalue weighted by atomic mass is 10.1. The molecule has 112 valence electrons. The van der Waals surface area contributed by atoms with Crippen LogP contribution < -0.4 is 15.4 Å². The summed E-state index contributed by atoms with van der Waals surface area (Å²) in [5.41, 5.74) is 0.969. The second kappa shape index (κ2) is 8.59. The van der Waals surface area contributed by atoms with Gasteiger partial charge in [0.25, 0.3) is 0 Å². The lowest BCUT2D eigenvalue weighted by Crippen LogP contribution is -2.39. The van der Waals surface area contributed by atoms with E-state index in [1.807, 2.05) is 38.1 Å². The second-order valence-electron chi connectivity index (χ2n) is 5.25. The summed E-state index contributed by atoms with van der Waals surface area (Å²) in [6, 6.07) is 7.99. The van der Waals surface area contributed by atoms with Gasteiger partial charge in [-0.15, -0.1) is 0 Å². The molecule has 1 atom stereocenters. The molecule has 0 aliphatic rings. The van der Waals surface area contributed by atoms with E-state index in [0.717, 1.165) is 17.9 Å². The topological polar surface area (TPSA) is 50.4 Å². The van der Waals surface area contributed by atoms with Crippen LogP contribution in [0.2, 0.25) is 0 Å². The zero-order chi connectivity index (χ0) is 15.0. The van der Waals surface area contributed by atoms with Gasteiger partial charge in [-0.2, -0.15) is 0 Å². The van der Waals surface area contributed by atoms with Gasteiger partial charge >= 0.3 is 0 Å². The van der Waals surface area contributed by atoms with Gasteiger partial charge in [0.15, 0.2) is 0 Å². The second-order valence-corrected chi connectivity index (χ2v) is 5.25. The minimum absolute atomic E-state index is 0.0384. The van der Waals surface area contributed by atoms with Crippen molar-refractivity contribution in [2.75, 3.05) is 13.1 Å². The number of hydrogen-bond acceptors (Lipinski definition) is 3. The Hall–Kier alpha value is -1.55. The molecule has 20 heavy (non-hydrogen) atoms. The van der Waals surface area contributed by atoms with Crippen molar-refractivity contribution >= 4 is 5.91 Å². The van der Waals surface area contributed by atoms with Gasteiger partial charge in [-0.05, 0) is 45.0 Å². The van der Waals surface area contributed by atoms with Crippen LogP contribution >= 0.6 is 0 Å². The fourth-order valence-corrected chi connectivity index (χ4v) is 1.94. The summed E-state index contributed by atoms with van der Waals surface area (Å²) < 4.78 is 5.62. The molecular weight excluding hydrogens is 252 g/mol. The third-order valence-corrected chi connectivity index (χ3v) is 2.79. The minimum Gasteiger partial charge on any atom is -0.491 e. The molecule has 0 fully saturated rings. The molecule has 1 rings (SSSR count). The van der Waals surface area contributed by atoms with E-state index in [1.165, 1.54) is 0 Å². The number of carbonyl (C=O) groups excluding carboxylic acids is 1. The SMILES string of the molecule is CCN[C@H](C)CNC(=O)Cc1cccc(OC(C)C)c1. The van der Waals surface area contributed by atoms with Crippen molar-refractivity contribution in [1.29, 1.82) is 0 Å². The lowest BCUT2D eigenvalue weighted by molar-refractivity contribution is -0.120. The minimum atomic E-state index is 0.0384. The van der Waals surface area contributed by atoms with Crippen LogP contribution in [-0.2, 0) is 11.2 Å². The molecule has 0 aromatic heterocycles. The Balaban J connectivity index is 2.45. The number of nitrogens with one attached hydrogen (secondary N) is 2. The zero-order valence-electron chi connectivity index (χ0n) is 12.9. The molecule has 1 aromatic rings. The average molecular weight is 278 g/mol. The predicted molar refractivity (Wildman–Crippen MR) is 82.1 cm³/mol. The molecule has 0 saturated carbocycles. The molecule has 0 aliphatic heterocycles. The van der Waals surface area contributed by atoms with Crippen LogP contribution in [0.3, 0.4) is 0 Å². The molecule has 0 radical (unpaired) electrons. The predicted octanol–water partition coefficient (Wildman–Crippen LogP) is 2.13. The number of hydrogen-bond donors (Lipinski definition) is 2. The van der Waals surface area contributed by atoms with Crippen molar-refractivity contribution in [2.24, 2.45) is 0 Å². The summed E-state index contributed by atoms with van der Waals surface area (Å²) in [5.74, 6) is 0.850. The number of ether oxygens (including phenoxy) is 1. The summed E-state index contributed by atoms with van der Waals surface area (Å²) in [5, 5.41) is 6.19. The Labute approximate surface area is 121 Å². The van der Waals surface area contributed by atoms with Crippen molar-refractivity contribution in [3.63, 3.8) is 0 Å². The van der Waals surface area contributed by atoms with E-state index in [2.05, 4.69) is 24.5 Å². The Morgan fingerprint density at radius 3 is 2.70 bits per heavy atom. The fraction of sp³-hybridized carbons (Fsp3) is 0.562. The van der Waals surface area contributed by atoms with Crippen LogP contribution in [0.5, 0.6) is 5.75 Å². The van der Waals surface area contributed by atoms with Crippen LogP contribution in [0.25, 0.3) is 0 Å². The molecule has 0 heterocycles. The standard InChI is InChI=1S/C16H26N2O2/c1-5-17-13(4)11-18-16(19)10-14-7-6-8-15(9-14)20-12(2)3/h6-9,12-13,17H,5,10-11H2,1-4H3,(H,18,19)/t13-/m1/s1. The van der Waals surface area contributed by atoms with E-state index in [1.54, 1.807) is 0 Å². The summed E-state index contributed by atoms with van der Waals surface area (Å²) in [6.07, 6.45) is 0.522. The van der Waals surface area contributed by atoms with E-state index >= 15 is 0 Å². The van der Waals surface area contributed by atoms with E-state index in [-0.39, 0.29) is 12.0 Å². The van der Waals surface area contributed by atoms with Gasteiger partial charge in [0.1, 0.15) is 5.75 Å². The normalized spacial score (nSPS) is 12.2. The highest BCUT2D eigenvalue weighted by molar-refractivity contribution is 5.78. The molecule has 0 spiro atoms. The molecule has 0 aliphatic carbocycles. The van der Waals surface area contributed by atoms with Gasteiger partial charge in [-0.3, -0.25) is 4.79 Å². The van der Waals surface area contributed by atoms with Crippen molar-refractivity contribution in [2.45, 2.75) is 46.3 Å². The first-order chi connectivity index (χ1) is 9.51. The molecule has 0 unspecified atom stereocenters.